The first-order valence-corrected chi connectivity index (χ1v) is 19.9. The Labute approximate surface area is 323 Å². The summed E-state index contributed by atoms with van der Waals surface area (Å²) in [6.07, 6.45) is 7.42. The summed E-state index contributed by atoms with van der Waals surface area (Å²) in [5.41, 5.74) is 15.7. The van der Waals surface area contributed by atoms with Gasteiger partial charge in [-0.1, -0.05) is 79.9 Å². The van der Waals surface area contributed by atoms with E-state index in [1.54, 1.807) is 0 Å². The van der Waals surface area contributed by atoms with Crippen molar-refractivity contribution in [2.24, 2.45) is 29.2 Å². The van der Waals surface area contributed by atoms with E-state index in [4.69, 9.17) is 11.5 Å². The van der Waals surface area contributed by atoms with Crippen molar-refractivity contribution in [3.63, 3.8) is 0 Å². The van der Waals surface area contributed by atoms with Gasteiger partial charge in [-0.25, -0.2) is 9.59 Å². The third-order valence-electron chi connectivity index (χ3n) is 9.84. The minimum atomic E-state index is -0.415. The van der Waals surface area contributed by atoms with Crippen LogP contribution in [0.3, 0.4) is 0 Å². The van der Waals surface area contributed by atoms with Crippen molar-refractivity contribution < 1.29 is 24.0 Å². The zero-order chi connectivity index (χ0) is 39.9. The number of amides is 5. The van der Waals surface area contributed by atoms with Crippen LogP contribution in [-0.4, -0.2) is 61.3 Å². The second-order valence-corrected chi connectivity index (χ2v) is 15.6. The molecule has 2 aromatic rings. The molecule has 0 spiro atoms. The van der Waals surface area contributed by atoms with E-state index in [1.165, 1.54) is 11.1 Å². The smallest absolute Gasteiger partial charge is 0.315 e. The largest absolute Gasteiger partial charge is 0.370 e. The molecule has 2 aromatic carbocycles. The molecule has 300 valence electrons. The van der Waals surface area contributed by atoms with E-state index in [-0.39, 0.29) is 60.4 Å². The number of unbranched alkanes of at least 4 members (excludes halogenated alkanes) is 1. The second kappa shape index (κ2) is 25.7. The summed E-state index contributed by atoms with van der Waals surface area (Å²) in [6, 6.07) is 15.6. The van der Waals surface area contributed by atoms with Gasteiger partial charge in [0.05, 0.1) is 0 Å². The van der Waals surface area contributed by atoms with Crippen LogP contribution >= 0.6 is 0 Å². The van der Waals surface area contributed by atoms with Gasteiger partial charge in [0.1, 0.15) is 11.6 Å². The number of carbonyl (C=O) groups is 5. The number of carbonyl (C=O) groups excluding carboxylic acids is 5. The Kier molecular flexibility index (Phi) is 21.9. The average Bonchev–Trinajstić information content (AvgIpc) is 3.12. The normalized spacial score (nSPS) is 13.9. The van der Waals surface area contributed by atoms with E-state index in [0.29, 0.717) is 70.5 Å². The van der Waals surface area contributed by atoms with Crippen LogP contribution < -0.4 is 32.7 Å². The van der Waals surface area contributed by atoms with E-state index < -0.39 is 5.91 Å². The van der Waals surface area contributed by atoms with Crippen LogP contribution in [0, 0.1) is 31.6 Å². The fourth-order valence-corrected chi connectivity index (χ4v) is 6.50. The Morgan fingerprint density at radius 2 is 1.17 bits per heavy atom. The molecule has 0 aliphatic carbocycles. The summed E-state index contributed by atoms with van der Waals surface area (Å²) >= 11 is 0. The van der Waals surface area contributed by atoms with E-state index in [0.717, 1.165) is 36.8 Å². The van der Waals surface area contributed by atoms with Crippen LogP contribution in [-0.2, 0) is 27.2 Å². The molecule has 11 heteroatoms. The highest BCUT2D eigenvalue weighted by atomic mass is 16.2. The summed E-state index contributed by atoms with van der Waals surface area (Å²) < 4.78 is 0. The number of Topliss-reactive ketones (excluding diaryl/α,β-unsaturated/α-hetero) is 2. The lowest BCUT2D eigenvalue weighted by atomic mass is 9.91. The van der Waals surface area contributed by atoms with Crippen LogP contribution in [0.4, 0.5) is 9.59 Å². The number of nitrogens with one attached hydrogen (secondary N) is 4. The SMILES string of the molecule is Cc1ccc(C[C@H](C)CCC(=O)C[C@@H](C)CNC(=O)N[C@@H](CCCCN)CCC(=O)C[C@H](CNC(=O)N[C@@H](C)CCC(N)=O)Cc2ccc(C)cc2)cc1. The predicted octanol–water partition coefficient (Wildman–Crippen LogP) is 6.21. The third-order valence-corrected chi connectivity index (χ3v) is 9.84. The van der Waals surface area contributed by atoms with E-state index in [2.05, 4.69) is 59.4 Å². The van der Waals surface area contributed by atoms with Crippen LogP contribution in [0.15, 0.2) is 48.5 Å². The topological polar surface area (TPSA) is 186 Å². The number of hydrogen-bond donors (Lipinski definition) is 6. The molecule has 8 N–H and O–H groups in total. The molecule has 0 bridgehead atoms. The molecule has 0 unspecified atom stereocenters. The van der Waals surface area contributed by atoms with Crippen LogP contribution in [0.25, 0.3) is 0 Å². The van der Waals surface area contributed by atoms with Crippen molar-refractivity contribution in [2.75, 3.05) is 19.6 Å². The highest BCUT2D eigenvalue weighted by molar-refractivity contribution is 5.80. The van der Waals surface area contributed by atoms with Gasteiger partial charge in [0.2, 0.25) is 5.91 Å². The third kappa shape index (κ3) is 21.5. The monoisotopic (exact) mass is 749 g/mol. The van der Waals surface area contributed by atoms with E-state index in [1.807, 2.05) is 45.0 Å². The molecule has 0 aliphatic heterocycles. The maximum absolute atomic E-state index is 13.4. The zero-order valence-corrected chi connectivity index (χ0v) is 33.5. The molecule has 5 amide bonds. The molecule has 2 rings (SSSR count). The molecule has 0 saturated heterocycles. The highest BCUT2D eigenvalue weighted by Gasteiger charge is 2.20. The lowest BCUT2D eigenvalue weighted by molar-refractivity contribution is -0.120. The number of hydrogen-bond acceptors (Lipinski definition) is 6. The minimum absolute atomic E-state index is 0.00688. The van der Waals surface area contributed by atoms with Crippen molar-refractivity contribution in [3.05, 3.63) is 70.8 Å². The van der Waals surface area contributed by atoms with Crippen LogP contribution in [0.5, 0.6) is 0 Å². The lowest BCUT2D eigenvalue weighted by Gasteiger charge is -2.21. The molecule has 54 heavy (non-hydrogen) atoms. The molecule has 0 heterocycles. The van der Waals surface area contributed by atoms with Gasteiger partial charge < -0.3 is 32.7 Å². The fraction of sp³-hybridized carbons (Fsp3) is 0.605. The Hall–Kier alpha value is -4.25. The van der Waals surface area contributed by atoms with Crippen LogP contribution in [0.2, 0.25) is 0 Å². The molecule has 0 fully saturated rings. The number of nitrogens with two attached hydrogens (primary N) is 2. The minimum Gasteiger partial charge on any atom is -0.370 e. The van der Waals surface area contributed by atoms with Crippen LogP contribution in [0.1, 0.15) is 114 Å². The highest BCUT2D eigenvalue weighted by Crippen LogP contribution is 2.18. The number of aryl methyl sites for hydroxylation is 2. The Bertz CT molecular complexity index is 1430. The van der Waals surface area contributed by atoms with Gasteiger partial charge in [-0.15, -0.1) is 0 Å². The Morgan fingerprint density at radius 3 is 1.78 bits per heavy atom. The quantitative estimate of drug-likeness (QED) is 0.0591. The van der Waals surface area contributed by atoms with Gasteiger partial charge in [0.25, 0.3) is 0 Å². The van der Waals surface area contributed by atoms with Gasteiger partial charge in [-0.3, -0.25) is 14.4 Å². The van der Waals surface area contributed by atoms with Crippen molar-refractivity contribution >= 4 is 29.5 Å². The van der Waals surface area contributed by atoms with Gasteiger partial charge >= 0.3 is 12.1 Å². The first-order chi connectivity index (χ1) is 25.7. The van der Waals surface area contributed by atoms with E-state index >= 15 is 0 Å². The predicted molar refractivity (Wildman–Crippen MR) is 217 cm³/mol. The summed E-state index contributed by atoms with van der Waals surface area (Å²) in [7, 11) is 0. The fourth-order valence-electron chi connectivity index (χ4n) is 6.50. The van der Waals surface area contributed by atoms with Crippen molar-refractivity contribution in [1.29, 1.82) is 0 Å². The van der Waals surface area contributed by atoms with Gasteiger partial charge in [-0.05, 0) is 101 Å². The number of benzene rings is 2. The molecule has 0 aliphatic rings. The average molecular weight is 749 g/mol. The first kappa shape index (κ1) is 45.9. The first-order valence-electron chi connectivity index (χ1n) is 19.9. The van der Waals surface area contributed by atoms with Crippen molar-refractivity contribution in [2.45, 2.75) is 130 Å². The molecule has 11 nitrogen and oxygen atoms in total. The summed E-state index contributed by atoms with van der Waals surface area (Å²) in [5, 5.41) is 11.7. The van der Waals surface area contributed by atoms with Crippen molar-refractivity contribution in [1.82, 2.24) is 21.3 Å². The summed E-state index contributed by atoms with van der Waals surface area (Å²) in [4.78, 5) is 62.7. The molecule has 0 aromatic heterocycles. The molecule has 0 saturated carbocycles. The molecular weight excluding hydrogens is 681 g/mol. The maximum atomic E-state index is 13.4. The molecule has 0 radical (unpaired) electrons. The number of primary amides is 1. The molecular formula is C43H68N6O5. The maximum Gasteiger partial charge on any atom is 0.315 e. The molecule has 5 atom stereocenters. The standard InChI is InChI=1S/C43H68N6O5/c1-30-9-15-35(16-10-30)24-32(3)13-20-39(50)25-33(4)28-46-43(54)49-38(8-6-7-23-44)19-21-40(51)27-37(26-36-17-11-31(2)12-18-36)29-47-42(53)48-34(5)14-22-41(45)52/h9-12,15-18,32-34,37-38H,6-8,13-14,19-29,44H2,1-5H3,(H2,45,52)(H2,46,49,54)(H2,47,48,53)/t32-,33-,34+,37-,38+/m1/s1. The van der Waals surface area contributed by atoms with Gasteiger partial charge in [0, 0.05) is 57.3 Å². The van der Waals surface area contributed by atoms with E-state index in [9.17, 15) is 24.0 Å². The number of rotatable bonds is 27. The van der Waals surface area contributed by atoms with Gasteiger partial charge in [0.15, 0.2) is 0 Å². The second-order valence-electron chi connectivity index (χ2n) is 15.6. The summed E-state index contributed by atoms with van der Waals surface area (Å²) in [6.45, 7) is 11.3. The Balaban J connectivity index is 1.85. The van der Waals surface area contributed by atoms with Crippen molar-refractivity contribution in [3.8, 4) is 0 Å². The van der Waals surface area contributed by atoms with Gasteiger partial charge in [-0.2, -0.15) is 0 Å². The number of ketones is 2. The zero-order valence-electron chi connectivity index (χ0n) is 33.5. The lowest BCUT2D eigenvalue weighted by Crippen LogP contribution is -2.44. The number of urea groups is 2. The Morgan fingerprint density at radius 1 is 0.611 bits per heavy atom. The summed E-state index contributed by atoms with van der Waals surface area (Å²) in [5.74, 6) is 0.158.